The zero-order chi connectivity index (χ0) is 13.6. The van der Waals surface area contributed by atoms with Gasteiger partial charge in [-0.05, 0) is 5.56 Å². The van der Waals surface area contributed by atoms with Crippen LogP contribution in [0, 0.1) is 0 Å². The summed E-state index contributed by atoms with van der Waals surface area (Å²) >= 11 is 0. The first-order chi connectivity index (χ1) is 9.90. The number of nitrogens with zero attached hydrogens (tertiary/aromatic N) is 4. The lowest BCUT2D eigenvalue weighted by atomic mass is 10.2. The van der Waals surface area contributed by atoms with Gasteiger partial charge in [-0.3, -0.25) is 4.68 Å². The molecule has 1 aromatic carbocycles. The minimum Gasteiger partial charge on any atom is -0.378 e. The molecule has 0 radical (unpaired) electrons. The van der Waals surface area contributed by atoms with E-state index < -0.39 is 0 Å². The summed E-state index contributed by atoms with van der Waals surface area (Å²) in [7, 11) is 0. The summed E-state index contributed by atoms with van der Waals surface area (Å²) in [6.07, 6.45) is 8.94. The molecule has 5 nitrogen and oxygen atoms in total. The molecule has 3 rings (SSSR count). The maximum Gasteiger partial charge on any atom is 0.115 e. The Labute approximate surface area is 117 Å². The quantitative estimate of drug-likeness (QED) is 0.769. The number of hydrogen-bond donors (Lipinski definition) is 1. The Morgan fingerprint density at radius 2 is 1.75 bits per heavy atom. The maximum atomic E-state index is 4.37. The average molecular weight is 265 g/mol. The predicted octanol–water partition coefficient (Wildman–Crippen LogP) is 2.33. The van der Waals surface area contributed by atoms with E-state index in [0.717, 1.165) is 17.8 Å². The smallest absolute Gasteiger partial charge is 0.115 e. The van der Waals surface area contributed by atoms with Crippen LogP contribution in [0.15, 0.2) is 61.4 Å². The van der Waals surface area contributed by atoms with Gasteiger partial charge in [-0.15, -0.1) is 0 Å². The first-order valence-electron chi connectivity index (χ1n) is 6.44. The van der Waals surface area contributed by atoms with Crippen LogP contribution in [-0.2, 0) is 13.1 Å². The summed E-state index contributed by atoms with van der Waals surface area (Å²) < 4.78 is 1.94. The Hall–Kier alpha value is -2.69. The van der Waals surface area contributed by atoms with Crippen LogP contribution in [0.1, 0.15) is 11.1 Å². The van der Waals surface area contributed by atoms with Gasteiger partial charge in [0.05, 0.1) is 30.8 Å². The lowest BCUT2D eigenvalue weighted by Gasteiger charge is -2.03. The van der Waals surface area contributed by atoms with E-state index in [-0.39, 0.29) is 0 Å². The number of hydrogen-bond acceptors (Lipinski definition) is 4. The van der Waals surface area contributed by atoms with Crippen molar-refractivity contribution in [3.05, 3.63) is 72.6 Å². The second-order valence-electron chi connectivity index (χ2n) is 4.51. The topological polar surface area (TPSA) is 55.6 Å². The van der Waals surface area contributed by atoms with Gasteiger partial charge in [0.15, 0.2) is 0 Å². The van der Waals surface area contributed by atoms with Crippen LogP contribution < -0.4 is 5.32 Å². The van der Waals surface area contributed by atoms with E-state index in [1.54, 1.807) is 12.4 Å². The molecule has 0 atom stereocenters. The molecule has 0 unspecified atom stereocenters. The fraction of sp³-hybridized carbons (Fsp3) is 0.133. The van der Waals surface area contributed by atoms with Crippen molar-refractivity contribution in [2.75, 3.05) is 5.32 Å². The van der Waals surface area contributed by atoms with Gasteiger partial charge in [-0.1, -0.05) is 30.3 Å². The van der Waals surface area contributed by atoms with Gasteiger partial charge in [0, 0.05) is 18.3 Å². The molecule has 0 aliphatic heterocycles. The Morgan fingerprint density at radius 1 is 0.950 bits per heavy atom. The third kappa shape index (κ3) is 3.20. The van der Waals surface area contributed by atoms with Crippen LogP contribution in [0.4, 0.5) is 5.69 Å². The van der Waals surface area contributed by atoms with E-state index in [0.29, 0.717) is 6.54 Å². The summed E-state index contributed by atoms with van der Waals surface area (Å²) in [4.78, 5) is 7.93. The highest BCUT2D eigenvalue weighted by atomic mass is 15.3. The minimum absolute atomic E-state index is 0.710. The highest BCUT2D eigenvalue weighted by Gasteiger charge is 2.00. The second-order valence-corrected chi connectivity index (χ2v) is 4.51. The monoisotopic (exact) mass is 265 g/mol. The van der Waals surface area contributed by atoms with Crippen LogP contribution in [0.25, 0.3) is 0 Å². The summed E-state index contributed by atoms with van der Waals surface area (Å²) in [6.45, 7) is 1.50. The van der Waals surface area contributed by atoms with Crippen molar-refractivity contribution >= 4 is 5.69 Å². The lowest BCUT2D eigenvalue weighted by Crippen LogP contribution is -2.01. The third-order valence-corrected chi connectivity index (χ3v) is 2.93. The van der Waals surface area contributed by atoms with Crippen LogP contribution in [0.5, 0.6) is 0 Å². The van der Waals surface area contributed by atoms with Crippen LogP contribution in [0.3, 0.4) is 0 Å². The summed E-state index contributed by atoms with van der Waals surface area (Å²) in [5, 5.41) is 7.63. The van der Waals surface area contributed by atoms with E-state index in [2.05, 4.69) is 32.5 Å². The Balaban J connectivity index is 1.60. The Bertz CT molecular complexity index is 648. The Morgan fingerprint density at radius 3 is 2.55 bits per heavy atom. The fourth-order valence-corrected chi connectivity index (χ4v) is 1.95. The predicted molar refractivity (Wildman–Crippen MR) is 77.1 cm³/mol. The number of nitrogens with one attached hydrogen (secondary N) is 1. The van der Waals surface area contributed by atoms with Crippen molar-refractivity contribution in [3.8, 4) is 0 Å². The van der Waals surface area contributed by atoms with E-state index >= 15 is 0 Å². The van der Waals surface area contributed by atoms with Gasteiger partial charge >= 0.3 is 0 Å². The number of aromatic nitrogens is 4. The van der Waals surface area contributed by atoms with E-state index in [4.69, 9.17) is 0 Å². The molecule has 5 heteroatoms. The zero-order valence-electron chi connectivity index (χ0n) is 11.0. The van der Waals surface area contributed by atoms with Gasteiger partial charge in [-0.2, -0.15) is 5.10 Å². The zero-order valence-corrected chi connectivity index (χ0v) is 11.0. The fourth-order valence-electron chi connectivity index (χ4n) is 1.95. The third-order valence-electron chi connectivity index (χ3n) is 2.93. The molecule has 0 aliphatic rings. The van der Waals surface area contributed by atoms with Gasteiger partial charge in [0.2, 0.25) is 0 Å². The molecule has 20 heavy (non-hydrogen) atoms. The van der Waals surface area contributed by atoms with Crippen LogP contribution >= 0.6 is 0 Å². The molecule has 100 valence electrons. The van der Waals surface area contributed by atoms with Crippen LogP contribution in [-0.4, -0.2) is 19.7 Å². The Kier molecular flexibility index (Phi) is 3.68. The molecular formula is C15H15N5. The van der Waals surface area contributed by atoms with Crippen molar-refractivity contribution < 1.29 is 0 Å². The summed E-state index contributed by atoms with van der Waals surface area (Å²) in [6, 6.07) is 10.3. The molecule has 0 saturated heterocycles. The molecule has 2 heterocycles. The van der Waals surface area contributed by atoms with Gasteiger partial charge < -0.3 is 5.32 Å². The van der Waals surface area contributed by atoms with Gasteiger partial charge in [0.1, 0.15) is 6.33 Å². The molecule has 2 aromatic heterocycles. The number of benzene rings is 1. The summed E-state index contributed by atoms with van der Waals surface area (Å²) in [5.41, 5.74) is 3.28. The molecule has 0 saturated carbocycles. The normalized spacial score (nSPS) is 10.4. The molecular weight excluding hydrogens is 250 g/mol. The van der Waals surface area contributed by atoms with Gasteiger partial charge in [0.25, 0.3) is 0 Å². The van der Waals surface area contributed by atoms with E-state index in [1.165, 1.54) is 11.9 Å². The van der Waals surface area contributed by atoms with E-state index in [1.807, 2.05) is 35.3 Å². The summed E-state index contributed by atoms with van der Waals surface area (Å²) in [5.74, 6) is 0. The van der Waals surface area contributed by atoms with Crippen molar-refractivity contribution in [2.24, 2.45) is 0 Å². The highest BCUT2D eigenvalue weighted by Crippen LogP contribution is 2.07. The number of anilines is 1. The first kappa shape index (κ1) is 12.3. The van der Waals surface area contributed by atoms with Crippen LogP contribution in [0.2, 0.25) is 0 Å². The minimum atomic E-state index is 0.710. The second kappa shape index (κ2) is 5.97. The van der Waals surface area contributed by atoms with Crippen molar-refractivity contribution in [1.29, 1.82) is 0 Å². The lowest BCUT2D eigenvalue weighted by molar-refractivity contribution is 0.686. The molecule has 0 amide bonds. The van der Waals surface area contributed by atoms with E-state index in [9.17, 15) is 0 Å². The number of rotatable bonds is 5. The SMILES string of the molecule is c1ccc(Cn2cc(CNc3cncnc3)cn2)cc1. The van der Waals surface area contributed by atoms with Crippen molar-refractivity contribution in [3.63, 3.8) is 0 Å². The molecule has 0 fully saturated rings. The molecule has 0 spiro atoms. The molecule has 0 bridgehead atoms. The maximum absolute atomic E-state index is 4.37. The first-order valence-corrected chi connectivity index (χ1v) is 6.44. The highest BCUT2D eigenvalue weighted by molar-refractivity contribution is 5.37. The van der Waals surface area contributed by atoms with Crippen molar-refractivity contribution in [1.82, 2.24) is 19.7 Å². The molecule has 1 N–H and O–H groups in total. The average Bonchev–Trinajstić information content (AvgIpc) is 2.95. The molecule has 3 aromatic rings. The largest absolute Gasteiger partial charge is 0.378 e. The van der Waals surface area contributed by atoms with Gasteiger partial charge in [-0.25, -0.2) is 9.97 Å². The standard InChI is InChI=1S/C15H15N5/c1-2-4-13(5-3-1)10-20-11-14(7-19-20)6-18-15-8-16-12-17-9-15/h1-5,7-9,11-12,18H,6,10H2. The molecule has 0 aliphatic carbocycles. The van der Waals surface area contributed by atoms with Crippen molar-refractivity contribution in [2.45, 2.75) is 13.1 Å².